The van der Waals surface area contributed by atoms with Gasteiger partial charge in [0.15, 0.2) is 0 Å². The van der Waals surface area contributed by atoms with Gasteiger partial charge in [0.2, 0.25) is 0 Å². The van der Waals surface area contributed by atoms with E-state index < -0.39 is 6.04 Å². The fourth-order valence-corrected chi connectivity index (χ4v) is 2.53. The van der Waals surface area contributed by atoms with Crippen LogP contribution in [0.1, 0.15) is 25.7 Å². The maximum absolute atomic E-state index is 13.6. The second kappa shape index (κ2) is 5.85. The molecule has 1 aromatic rings. The zero-order valence-electron chi connectivity index (χ0n) is 10.5. The Bertz CT molecular complexity index is 416. The number of hydrogen-bond donors (Lipinski definition) is 1. The number of anilines is 1. The van der Waals surface area contributed by atoms with Crippen LogP contribution in [0, 0.1) is 11.7 Å². The van der Waals surface area contributed by atoms with Crippen molar-refractivity contribution in [3.63, 3.8) is 0 Å². The quantitative estimate of drug-likeness (QED) is 0.836. The average molecular weight is 251 g/mol. The predicted octanol–water partition coefficient (Wildman–Crippen LogP) is 2.97. The summed E-state index contributed by atoms with van der Waals surface area (Å²) in [6.07, 6.45) is 4.22. The molecule has 1 saturated carbocycles. The predicted molar refractivity (Wildman–Crippen MR) is 67.8 cm³/mol. The summed E-state index contributed by atoms with van der Waals surface area (Å²) in [5.41, 5.74) is 0.361. The molecule has 0 aromatic heterocycles. The Balaban J connectivity index is 2.14. The number of hydrogen-bond acceptors (Lipinski definition) is 3. The highest BCUT2D eigenvalue weighted by Gasteiger charge is 2.31. The van der Waals surface area contributed by atoms with E-state index in [2.05, 4.69) is 5.32 Å². The zero-order chi connectivity index (χ0) is 13.0. The number of benzene rings is 1. The van der Waals surface area contributed by atoms with Gasteiger partial charge in [0, 0.05) is 0 Å². The summed E-state index contributed by atoms with van der Waals surface area (Å²) in [5.74, 6) is -0.424. The van der Waals surface area contributed by atoms with Gasteiger partial charge in [-0.3, -0.25) is 0 Å². The molecule has 0 heterocycles. The van der Waals surface area contributed by atoms with Crippen molar-refractivity contribution in [2.45, 2.75) is 31.7 Å². The Morgan fingerprint density at radius 1 is 1.39 bits per heavy atom. The number of esters is 1. The molecule has 0 radical (unpaired) electrons. The van der Waals surface area contributed by atoms with Crippen LogP contribution in [0.3, 0.4) is 0 Å². The molecule has 0 aliphatic heterocycles. The molecule has 1 aliphatic carbocycles. The van der Waals surface area contributed by atoms with Crippen LogP contribution in [-0.4, -0.2) is 19.1 Å². The molecule has 1 unspecified atom stereocenters. The third kappa shape index (κ3) is 2.81. The number of methoxy groups -OCH3 is 1. The lowest BCUT2D eigenvalue weighted by Crippen LogP contribution is -2.37. The maximum Gasteiger partial charge on any atom is 0.328 e. The number of carbonyl (C=O) groups excluding carboxylic acids is 1. The lowest BCUT2D eigenvalue weighted by atomic mass is 9.98. The summed E-state index contributed by atoms with van der Waals surface area (Å²) in [4.78, 5) is 11.8. The molecular formula is C14H18FNO2. The topological polar surface area (TPSA) is 38.3 Å². The van der Waals surface area contributed by atoms with Gasteiger partial charge in [-0.15, -0.1) is 0 Å². The zero-order valence-corrected chi connectivity index (χ0v) is 10.5. The normalized spacial score (nSPS) is 17.4. The van der Waals surface area contributed by atoms with E-state index in [4.69, 9.17) is 4.74 Å². The van der Waals surface area contributed by atoms with E-state index in [-0.39, 0.29) is 17.7 Å². The third-order valence-corrected chi connectivity index (χ3v) is 3.51. The van der Waals surface area contributed by atoms with Crippen molar-refractivity contribution in [1.82, 2.24) is 0 Å². The summed E-state index contributed by atoms with van der Waals surface area (Å²) in [6.45, 7) is 0. The van der Waals surface area contributed by atoms with Crippen LogP contribution in [0.2, 0.25) is 0 Å². The summed E-state index contributed by atoms with van der Waals surface area (Å²) in [6, 6.07) is 5.94. The second-order valence-corrected chi connectivity index (χ2v) is 4.67. The Morgan fingerprint density at radius 2 is 2.06 bits per heavy atom. The van der Waals surface area contributed by atoms with Crippen LogP contribution in [0.25, 0.3) is 0 Å². The Hall–Kier alpha value is -1.58. The lowest BCUT2D eigenvalue weighted by Gasteiger charge is -2.23. The Labute approximate surface area is 106 Å². The molecule has 0 spiro atoms. The number of carbonyl (C=O) groups is 1. The molecule has 0 saturated heterocycles. The summed E-state index contributed by atoms with van der Waals surface area (Å²) < 4.78 is 18.4. The number of halogens is 1. The van der Waals surface area contributed by atoms with Crippen molar-refractivity contribution in [1.29, 1.82) is 0 Å². The minimum atomic E-state index is -0.450. The van der Waals surface area contributed by atoms with Gasteiger partial charge < -0.3 is 10.1 Å². The maximum atomic E-state index is 13.6. The number of nitrogens with one attached hydrogen (secondary N) is 1. The van der Waals surface area contributed by atoms with Crippen LogP contribution < -0.4 is 5.32 Å². The molecule has 1 aromatic carbocycles. The fraction of sp³-hybridized carbons (Fsp3) is 0.500. The first kappa shape index (κ1) is 12.9. The summed E-state index contributed by atoms with van der Waals surface area (Å²) >= 11 is 0. The molecule has 0 bridgehead atoms. The van der Waals surface area contributed by atoms with E-state index >= 15 is 0 Å². The van der Waals surface area contributed by atoms with Gasteiger partial charge in [0.1, 0.15) is 11.9 Å². The molecule has 98 valence electrons. The van der Waals surface area contributed by atoms with Crippen LogP contribution in [0.4, 0.5) is 10.1 Å². The first-order valence-corrected chi connectivity index (χ1v) is 6.31. The minimum Gasteiger partial charge on any atom is -0.467 e. The molecule has 18 heavy (non-hydrogen) atoms. The van der Waals surface area contributed by atoms with Crippen LogP contribution in [0.15, 0.2) is 24.3 Å². The van der Waals surface area contributed by atoms with Crippen molar-refractivity contribution >= 4 is 11.7 Å². The van der Waals surface area contributed by atoms with Crippen molar-refractivity contribution in [3.05, 3.63) is 30.1 Å². The van der Waals surface area contributed by atoms with Gasteiger partial charge in [-0.2, -0.15) is 0 Å². The van der Waals surface area contributed by atoms with Crippen LogP contribution in [0.5, 0.6) is 0 Å². The summed E-state index contributed by atoms with van der Waals surface area (Å²) in [7, 11) is 1.37. The van der Waals surface area contributed by atoms with E-state index in [1.807, 2.05) is 0 Å². The standard InChI is InChI=1S/C14H18FNO2/c1-18-14(17)13(10-6-2-3-7-10)16-12-9-5-4-8-11(12)15/h4-5,8-10,13,16H,2-3,6-7H2,1H3. The largest absolute Gasteiger partial charge is 0.467 e. The fourth-order valence-electron chi connectivity index (χ4n) is 2.53. The molecule has 2 rings (SSSR count). The van der Waals surface area contributed by atoms with Gasteiger partial charge in [-0.05, 0) is 30.9 Å². The van der Waals surface area contributed by atoms with E-state index in [1.165, 1.54) is 13.2 Å². The molecule has 3 nitrogen and oxygen atoms in total. The van der Waals surface area contributed by atoms with Crippen LogP contribution >= 0.6 is 0 Å². The number of rotatable bonds is 4. The molecule has 4 heteroatoms. The van der Waals surface area contributed by atoms with Gasteiger partial charge in [0.05, 0.1) is 12.8 Å². The highest BCUT2D eigenvalue weighted by Crippen LogP contribution is 2.30. The van der Waals surface area contributed by atoms with E-state index in [0.717, 1.165) is 25.7 Å². The van der Waals surface area contributed by atoms with Crippen molar-refractivity contribution in [2.24, 2.45) is 5.92 Å². The molecule has 1 N–H and O–H groups in total. The minimum absolute atomic E-state index is 0.233. The SMILES string of the molecule is COC(=O)C(Nc1ccccc1F)C1CCCC1. The number of para-hydroxylation sites is 1. The van der Waals surface area contributed by atoms with Crippen LogP contribution in [-0.2, 0) is 9.53 Å². The van der Waals surface area contributed by atoms with Crippen molar-refractivity contribution in [2.75, 3.05) is 12.4 Å². The van der Waals surface area contributed by atoms with Gasteiger partial charge >= 0.3 is 5.97 Å². The number of ether oxygens (including phenoxy) is 1. The van der Waals surface area contributed by atoms with Gasteiger partial charge in [-0.1, -0.05) is 25.0 Å². The van der Waals surface area contributed by atoms with Crippen molar-refractivity contribution in [3.8, 4) is 0 Å². The first-order valence-electron chi connectivity index (χ1n) is 6.31. The lowest BCUT2D eigenvalue weighted by molar-refractivity contribution is -0.142. The highest BCUT2D eigenvalue weighted by atomic mass is 19.1. The second-order valence-electron chi connectivity index (χ2n) is 4.67. The monoisotopic (exact) mass is 251 g/mol. The first-order chi connectivity index (χ1) is 8.72. The van der Waals surface area contributed by atoms with E-state index in [9.17, 15) is 9.18 Å². The Morgan fingerprint density at radius 3 is 2.67 bits per heavy atom. The highest BCUT2D eigenvalue weighted by molar-refractivity contribution is 5.79. The average Bonchev–Trinajstić information content (AvgIpc) is 2.90. The van der Waals surface area contributed by atoms with Gasteiger partial charge in [-0.25, -0.2) is 9.18 Å². The molecule has 1 atom stereocenters. The molecule has 1 fully saturated rings. The molecule has 0 amide bonds. The third-order valence-electron chi connectivity index (χ3n) is 3.51. The van der Waals surface area contributed by atoms with E-state index in [0.29, 0.717) is 5.69 Å². The van der Waals surface area contributed by atoms with Gasteiger partial charge in [0.25, 0.3) is 0 Å². The van der Waals surface area contributed by atoms with Crippen molar-refractivity contribution < 1.29 is 13.9 Å². The smallest absolute Gasteiger partial charge is 0.328 e. The molecule has 1 aliphatic rings. The summed E-state index contributed by atoms with van der Waals surface area (Å²) in [5, 5.41) is 2.99. The molecular weight excluding hydrogens is 233 g/mol. The Kier molecular flexibility index (Phi) is 4.18. The van der Waals surface area contributed by atoms with E-state index in [1.54, 1.807) is 18.2 Å².